The van der Waals surface area contributed by atoms with Crippen LogP contribution in [0.5, 0.6) is 0 Å². The van der Waals surface area contributed by atoms with E-state index in [0.29, 0.717) is 17.7 Å². The lowest BCUT2D eigenvalue weighted by molar-refractivity contribution is 0.0880. The quantitative estimate of drug-likeness (QED) is 0.652. The highest BCUT2D eigenvalue weighted by Crippen LogP contribution is 2.45. The molecule has 2 heterocycles. The summed E-state index contributed by atoms with van der Waals surface area (Å²) in [7, 11) is 0. The van der Waals surface area contributed by atoms with Gasteiger partial charge in [0.1, 0.15) is 0 Å². The number of hydrogen-bond acceptors (Lipinski definition) is 3. The summed E-state index contributed by atoms with van der Waals surface area (Å²) >= 11 is 0. The fraction of sp³-hybridized carbons (Fsp3) is 0.364. The summed E-state index contributed by atoms with van der Waals surface area (Å²) < 4.78 is 2.35. The van der Waals surface area contributed by atoms with Gasteiger partial charge in [-0.05, 0) is 68.9 Å². The van der Waals surface area contributed by atoms with Crippen LogP contribution >= 0.6 is 0 Å². The van der Waals surface area contributed by atoms with Crippen LogP contribution in [-0.4, -0.2) is 16.4 Å². The van der Waals surface area contributed by atoms with Crippen molar-refractivity contribution in [3.63, 3.8) is 0 Å². The number of benzene rings is 2. The van der Waals surface area contributed by atoms with Crippen LogP contribution < -0.4 is 11.1 Å². The van der Waals surface area contributed by atoms with Gasteiger partial charge in [-0.1, -0.05) is 6.07 Å². The molecular formula is C22H23N3O2. The van der Waals surface area contributed by atoms with Gasteiger partial charge in [-0.2, -0.15) is 0 Å². The first-order valence-electron chi connectivity index (χ1n) is 9.54. The average Bonchev–Trinajstić information content (AvgIpc) is 3.27. The molecule has 1 aliphatic carbocycles. The molecule has 0 bridgehead atoms. The molecular weight excluding hydrogens is 338 g/mol. The maximum atomic E-state index is 12.8. The number of hydrogen-bond donors (Lipinski definition) is 2. The van der Waals surface area contributed by atoms with Crippen molar-refractivity contribution < 1.29 is 9.59 Å². The maximum absolute atomic E-state index is 12.8. The Bertz CT molecular complexity index is 1180. The number of nitrogens with one attached hydrogen (secondary N) is 1. The fourth-order valence-corrected chi connectivity index (χ4v) is 4.96. The normalized spacial score (nSPS) is 16.3. The second kappa shape index (κ2) is 5.20. The fourth-order valence-electron chi connectivity index (χ4n) is 4.96. The molecule has 5 rings (SSSR count). The first-order valence-corrected chi connectivity index (χ1v) is 9.54. The van der Waals surface area contributed by atoms with Gasteiger partial charge in [-0.25, -0.2) is 0 Å². The van der Waals surface area contributed by atoms with Crippen molar-refractivity contribution in [3.8, 4) is 0 Å². The molecule has 0 saturated carbocycles. The summed E-state index contributed by atoms with van der Waals surface area (Å²) in [5, 5.41) is 4.46. The molecule has 138 valence electrons. The van der Waals surface area contributed by atoms with Gasteiger partial charge in [-0.15, -0.1) is 0 Å². The minimum Gasteiger partial charge on any atom is -0.335 e. The lowest BCUT2D eigenvalue weighted by Gasteiger charge is -2.25. The van der Waals surface area contributed by atoms with E-state index in [1.807, 2.05) is 0 Å². The van der Waals surface area contributed by atoms with E-state index < -0.39 is 0 Å². The second-order valence-electron chi connectivity index (χ2n) is 8.63. The Kier molecular flexibility index (Phi) is 3.18. The van der Waals surface area contributed by atoms with E-state index >= 15 is 0 Å². The van der Waals surface area contributed by atoms with E-state index in [1.165, 1.54) is 5.56 Å². The van der Waals surface area contributed by atoms with Crippen LogP contribution in [0, 0.1) is 0 Å². The molecule has 27 heavy (non-hydrogen) atoms. The van der Waals surface area contributed by atoms with Crippen LogP contribution in [0.3, 0.4) is 0 Å². The number of aromatic nitrogens is 1. The molecule has 0 unspecified atom stereocenters. The van der Waals surface area contributed by atoms with E-state index in [1.54, 1.807) is 0 Å². The van der Waals surface area contributed by atoms with Gasteiger partial charge >= 0.3 is 0 Å². The highest BCUT2D eigenvalue weighted by Gasteiger charge is 2.38. The number of nitrogens with zero attached hydrogens (tertiary/aromatic N) is 1. The van der Waals surface area contributed by atoms with Crippen molar-refractivity contribution in [2.24, 2.45) is 5.73 Å². The predicted molar refractivity (Wildman–Crippen MR) is 106 cm³/mol. The topological polar surface area (TPSA) is 77.1 Å². The van der Waals surface area contributed by atoms with Gasteiger partial charge in [0.25, 0.3) is 11.8 Å². The molecule has 5 heteroatoms. The van der Waals surface area contributed by atoms with Gasteiger partial charge in [-0.3, -0.25) is 14.9 Å². The molecule has 1 aliphatic heterocycles. The summed E-state index contributed by atoms with van der Waals surface area (Å²) in [4.78, 5) is 25.4. The standard InChI is InChI=1S/C22H23N3O2/c1-22(2,3)25-15-8-7-11(10-23)9-14(15)16-18-17(20(26)24-21(18)27)12-5-4-6-13(12)19(16)25/h7-9H,4-6,10,23H2,1-3H3,(H,24,26,27). The van der Waals surface area contributed by atoms with Crippen LogP contribution in [0.2, 0.25) is 0 Å². The number of amides is 2. The molecule has 3 N–H and O–H groups in total. The summed E-state index contributed by atoms with van der Waals surface area (Å²) in [5.41, 5.74) is 12.4. The predicted octanol–water partition coefficient (Wildman–Crippen LogP) is 3.38. The SMILES string of the molecule is CC(C)(C)n1c2ccc(CN)cc2c2c3c(c4c(c21)CCC4)C(=O)NC3=O. The van der Waals surface area contributed by atoms with Gasteiger partial charge in [0.2, 0.25) is 0 Å². The molecule has 0 spiro atoms. The highest BCUT2D eigenvalue weighted by molar-refractivity contribution is 6.31. The molecule has 3 aromatic rings. The van der Waals surface area contributed by atoms with Gasteiger partial charge in [0, 0.05) is 28.4 Å². The van der Waals surface area contributed by atoms with Crippen molar-refractivity contribution in [3.05, 3.63) is 46.0 Å². The van der Waals surface area contributed by atoms with Crippen molar-refractivity contribution in [1.82, 2.24) is 9.88 Å². The zero-order valence-corrected chi connectivity index (χ0v) is 15.9. The smallest absolute Gasteiger partial charge is 0.259 e. The van der Waals surface area contributed by atoms with Crippen LogP contribution in [0.25, 0.3) is 21.8 Å². The van der Waals surface area contributed by atoms with Crippen LogP contribution in [0.1, 0.15) is 64.6 Å². The minimum atomic E-state index is -0.277. The molecule has 0 radical (unpaired) electrons. The summed E-state index contributed by atoms with van der Waals surface area (Å²) in [5.74, 6) is -0.525. The number of carbonyl (C=O) groups excluding carboxylic acids is 2. The third kappa shape index (κ3) is 2.03. The van der Waals surface area contributed by atoms with Crippen molar-refractivity contribution in [1.29, 1.82) is 0 Å². The average molecular weight is 361 g/mol. The zero-order chi connectivity index (χ0) is 19.1. The summed E-state index contributed by atoms with van der Waals surface area (Å²) in [6, 6.07) is 6.23. The molecule has 2 aromatic carbocycles. The van der Waals surface area contributed by atoms with E-state index in [-0.39, 0.29) is 17.4 Å². The maximum Gasteiger partial charge on any atom is 0.259 e. The van der Waals surface area contributed by atoms with Crippen LogP contribution in [0.4, 0.5) is 0 Å². The summed E-state index contributed by atoms with van der Waals surface area (Å²) in [6.07, 6.45) is 2.81. The van der Waals surface area contributed by atoms with Crippen molar-refractivity contribution in [2.75, 3.05) is 0 Å². The molecule has 5 nitrogen and oxygen atoms in total. The van der Waals surface area contributed by atoms with Gasteiger partial charge in [0.05, 0.1) is 16.6 Å². The molecule has 2 amide bonds. The molecule has 0 saturated heterocycles. The minimum absolute atomic E-state index is 0.159. The van der Waals surface area contributed by atoms with E-state index in [4.69, 9.17) is 5.73 Å². The lowest BCUT2D eigenvalue weighted by atomic mass is 9.93. The number of fused-ring (bicyclic) bond motifs is 8. The number of nitrogens with two attached hydrogens (primary N) is 1. The number of imide groups is 1. The van der Waals surface area contributed by atoms with Crippen molar-refractivity contribution >= 4 is 33.6 Å². The third-order valence-corrected chi connectivity index (χ3v) is 5.92. The largest absolute Gasteiger partial charge is 0.335 e. The Balaban J connectivity index is 2.11. The highest BCUT2D eigenvalue weighted by atomic mass is 16.2. The first kappa shape index (κ1) is 16.5. The Morgan fingerprint density at radius 3 is 2.48 bits per heavy atom. The zero-order valence-electron chi connectivity index (χ0n) is 15.9. The number of rotatable bonds is 1. The second-order valence-corrected chi connectivity index (χ2v) is 8.63. The van der Waals surface area contributed by atoms with Crippen molar-refractivity contribution in [2.45, 2.75) is 52.1 Å². The lowest BCUT2D eigenvalue weighted by Crippen LogP contribution is -2.22. The molecule has 0 atom stereocenters. The first-order chi connectivity index (χ1) is 12.8. The van der Waals surface area contributed by atoms with Gasteiger partial charge in [0.15, 0.2) is 0 Å². The van der Waals surface area contributed by atoms with E-state index in [0.717, 1.165) is 52.2 Å². The summed E-state index contributed by atoms with van der Waals surface area (Å²) in [6.45, 7) is 6.99. The Morgan fingerprint density at radius 2 is 1.78 bits per heavy atom. The monoisotopic (exact) mass is 361 g/mol. The van der Waals surface area contributed by atoms with Crippen LogP contribution in [-0.2, 0) is 24.9 Å². The molecule has 2 aliphatic rings. The Hall–Kier alpha value is -2.66. The number of aryl methyl sites for hydroxylation is 1. The molecule has 0 fully saturated rings. The third-order valence-electron chi connectivity index (χ3n) is 5.92. The number of carbonyl (C=O) groups is 2. The Labute approximate surface area is 157 Å². The van der Waals surface area contributed by atoms with E-state index in [2.05, 4.69) is 48.9 Å². The molecule has 1 aromatic heterocycles. The van der Waals surface area contributed by atoms with Gasteiger partial charge < -0.3 is 10.3 Å². The van der Waals surface area contributed by atoms with E-state index in [9.17, 15) is 9.59 Å². The Morgan fingerprint density at radius 1 is 1.07 bits per heavy atom. The van der Waals surface area contributed by atoms with Crippen LogP contribution in [0.15, 0.2) is 18.2 Å².